The molecule has 0 aliphatic heterocycles. The van der Waals surface area contributed by atoms with Crippen LogP contribution in [0.2, 0.25) is 0 Å². The maximum absolute atomic E-state index is 12.4. The van der Waals surface area contributed by atoms with Crippen molar-refractivity contribution in [1.82, 2.24) is 18.7 Å². The number of nitrogens with one attached hydrogen (secondary N) is 1. The molecule has 4 aromatic rings. The van der Waals surface area contributed by atoms with Crippen LogP contribution < -0.4 is 27.0 Å². The normalized spacial score (nSPS) is 12.0. The fourth-order valence-electron chi connectivity index (χ4n) is 3.38. The Balaban J connectivity index is 1.53. The third kappa shape index (κ3) is 3.57. The second kappa shape index (κ2) is 7.84. The number of rotatable bonds is 5. The molecule has 0 atom stereocenters. The highest BCUT2D eigenvalue weighted by Gasteiger charge is 2.16. The zero-order valence-electron chi connectivity index (χ0n) is 18.3. The van der Waals surface area contributed by atoms with E-state index in [0.29, 0.717) is 23.0 Å². The highest BCUT2D eigenvalue weighted by Crippen LogP contribution is 2.22. The van der Waals surface area contributed by atoms with E-state index < -0.39 is 16.9 Å². The summed E-state index contributed by atoms with van der Waals surface area (Å²) >= 11 is 0. The van der Waals surface area contributed by atoms with Crippen LogP contribution >= 0.6 is 0 Å². The molecule has 0 saturated heterocycles. The van der Waals surface area contributed by atoms with Gasteiger partial charge in [-0.3, -0.25) is 13.9 Å². The summed E-state index contributed by atoms with van der Waals surface area (Å²) in [7, 11) is 4.63. The molecule has 32 heavy (non-hydrogen) atoms. The van der Waals surface area contributed by atoms with Crippen LogP contribution in [0.4, 0.5) is 5.95 Å². The minimum atomic E-state index is -0.457. The molecule has 0 aliphatic carbocycles. The van der Waals surface area contributed by atoms with Crippen molar-refractivity contribution in [3.8, 4) is 5.75 Å². The van der Waals surface area contributed by atoms with Gasteiger partial charge in [-0.05, 0) is 31.5 Å². The predicted molar refractivity (Wildman–Crippen MR) is 121 cm³/mol. The van der Waals surface area contributed by atoms with E-state index in [1.165, 1.54) is 17.7 Å². The number of benzene rings is 1. The van der Waals surface area contributed by atoms with E-state index in [0.717, 1.165) is 15.5 Å². The quantitative estimate of drug-likeness (QED) is 0.282. The Labute approximate surface area is 181 Å². The van der Waals surface area contributed by atoms with Crippen molar-refractivity contribution >= 4 is 33.8 Å². The Morgan fingerprint density at radius 3 is 2.62 bits per heavy atom. The molecule has 0 saturated carbocycles. The minimum Gasteiger partial charge on any atom is -0.487 e. The van der Waals surface area contributed by atoms with Gasteiger partial charge >= 0.3 is 11.3 Å². The van der Waals surface area contributed by atoms with Crippen LogP contribution in [0.15, 0.2) is 48.2 Å². The molecular formula is C21H22N6O5. The number of fused-ring (bicyclic) bond motifs is 2. The Bertz CT molecular complexity index is 1570. The fraction of sp³-hybridized carbons (Fsp3) is 0.286. The fourth-order valence-corrected chi connectivity index (χ4v) is 3.38. The average molecular weight is 438 g/mol. The van der Waals surface area contributed by atoms with E-state index in [4.69, 9.17) is 9.15 Å². The molecule has 11 nitrogen and oxygen atoms in total. The lowest BCUT2D eigenvalue weighted by Crippen LogP contribution is -2.37. The Morgan fingerprint density at radius 2 is 1.88 bits per heavy atom. The molecule has 3 aromatic heterocycles. The molecule has 4 rings (SSSR count). The lowest BCUT2D eigenvalue weighted by Gasteiger charge is -2.08. The highest BCUT2D eigenvalue weighted by molar-refractivity contribution is 5.85. The monoisotopic (exact) mass is 438 g/mol. The molecule has 1 N–H and O–H groups in total. The van der Waals surface area contributed by atoms with Crippen LogP contribution in [0.5, 0.6) is 5.75 Å². The maximum atomic E-state index is 12.4. The molecule has 0 unspecified atom stereocenters. The number of aromatic nitrogens is 4. The van der Waals surface area contributed by atoms with Crippen LogP contribution in [0.1, 0.15) is 12.5 Å². The number of anilines is 1. The van der Waals surface area contributed by atoms with Crippen LogP contribution in [0, 0.1) is 6.92 Å². The van der Waals surface area contributed by atoms with Gasteiger partial charge < -0.3 is 13.7 Å². The number of ether oxygens (including phenoxy) is 1. The highest BCUT2D eigenvalue weighted by atomic mass is 16.5. The molecule has 3 heterocycles. The summed E-state index contributed by atoms with van der Waals surface area (Å²) in [4.78, 5) is 40.5. The Hall–Kier alpha value is -4.15. The Morgan fingerprint density at radius 1 is 1.12 bits per heavy atom. The summed E-state index contributed by atoms with van der Waals surface area (Å²) in [6, 6.07) is 6.72. The van der Waals surface area contributed by atoms with E-state index in [1.54, 1.807) is 37.7 Å². The number of nitrogens with zero attached hydrogens (tertiary/aromatic N) is 5. The van der Waals surface area contributed by atoms with Gasteiger partial charge in [-0.25, -0.2) is 15.0 Å². The topological polar surface area (TPSA) is 126 Å². The number of hydrogen-bond acceptors (Lipinski definition) is 8. The molecule has 0 bridgehead atoms. The van der Waals surface area contributed by atoms with Crippen molar-refractivity contribution in [1.29, 1.82) is 0 Å². The van der Waals surface area contributed by atoms with E-state index >= 15 is 0 Å². The van der Waals surface area contributed by atoms with Crippen molar-refractivity contribution in [2.75, 3.05) is 12.0 Å². The van der Waals surface area contributed by atoms with Crippen molar-refractivity contribution in [2.24, 2.45) is 26.2 Å². The van der Waals surface area contributed by atoms with Gasteiger partial charge in [0, 0.05) is 38.7 Å². The summed E-state index contributed by atoms with van der Waals surface area (Å²) in [6.45, 7) is 3.77. The van der Waals surface area contributed by atoms with Gasteiger partial charge in [0.2, 0.25) is 5.95 Å². The van der Waals surface area contributed by atoms with Gasteiger partial charge in [0.05, 0.1) is 5.71 Å². The largest absolute Gasteiger partial charge is 0.487 e. The van der Waals surface area contributed by atoms with Gasteiger partial charge in [0.15, 0.2) is 11.2 Å². The molecule has 1 aromatic carbocycles. The van der Waals surface area contributed by atoms with Crippen molar-refractivity contribution in [2.45, 2.75) is 13.8 Å². The maximum Gasteiger partial charge on any atom is 0.336 e. The predicted octanol–water partition coefficient (Wildman–Crippen LogP) is 1.25. The Kier molecular flexibility index (Phi) is 5.17. The van der Waals surface area contributed by atoms with E-state index in [9.17, 15) is 14.4 Å². The molecule has 0 radical (unpaired) electrons. The third-order valence-corrected chi connectivity index (χ3v) is 5.19. The molecular weight excluding hydrogens is 416 g/mol. The summed E-state index contributed by atoms with van der Waals surface area (Å²) in [5.74, 6) is 0.836. The smallest absolute Gasteiger partial charge is 0.336 e. The van der Waals surface area contributed by atoms with E-state index in [2.05, 4.69) is 15.5 Å². The second-order valence-corrected chi connectivity index (χ2v) is 7.53. The van der Waals surface area contributed by atoms with E-state index in [-0.39, 0.29) is 17.8 Å². The first-order valence-corrected chi connectivity index (χ1v) is 9.76. The van der Waals surface area contributed by atoms with Crippen LogP contribution in [-0.4, -0.2) is 31.0 Å². The number of imidazole rings is 1. The second-order valence-electron chi connectivity index (χ2n) is 7.53. The molecule has 0 spiro atoms. The van der Waals surface area contributed by atoms with Crippen molar-refractivity contribution in [3.05, 3.63) is 61.1 Å². The zero-order valence-corrected chi connectivity index (χ0v) is 18.3. The lowest BCUT2D eigenvalue weighted by molar-refractivity contribution is 0.375. The van der Waals surface area contributed by atoms with E-state index in [1.807, 2.05) is 13.0 Å². The average Bonchev–Trinajstić information content (AvgIpc) is 3.09. The van der Waals surface area contributed by atoms with Crippen LogP contribution in [-0.2, 0) is 21.1 Å². The molecule has 166 valence electrons. The minimum absolute atomic E-state index is 0.165. The number of aryl methyl sites for hydroxylation is 3. The van der Waals surface area contributed by atoms with Gasteiger partial charge in [0.1, 0.15) is 17.9 Å². The first-order valence-electron chi connectivity index (χ1n) is 9.76. The SMILES string of the molecule is C/C(COc1ccc2c(C)cc(=O)oc2c1)=N\Nc1nc2c(c(=O)n(C)c(=O)n2C)n1C. The molecule has 11 heteroatoms. The van der Waals surface area contributed by atoms with Crippen molar-refractivity contribution < 1.29 is 9.15 Å². The number of hydrazone groups is 1. The zero-order chi connectivity index (χ0) is 23.2. The molecule has 0 fully saturated rings. The first kappa shape index (κ1) is 21.1. The third-order valence-electron chi connectivity index (χ3n) is 5.19. The van der Waals surface area contributed by atoms with Crippen LogP contribution in [0.25, 0.3) is 22.1 Å². The van der Waals surface area contributed by atoms with Crippen molar-refractivity contribution in [3.63, 3.8) is 0 Å². The van der Waals surface area contributed by atoms with Gasteiger partial charge in [-0.2, -0.15) is 10.1 Å². The summed E-state index contributed by atoms with van der Waals surface area (Å²) in [5, 5.41) is 5.09. The first-order chi connectivity index (χ1) is 15.2. The van der Waals surface area contributed by atoms with Gasteiger partial charge in [-0.15, -0.1) is 0 Å². The summed E-state index contributed by atoms with van der Waals surface area (Å²) in [6.07, 6.45) is 0. The molecule has 0 amide bonds. The van der Waals surface area contributed by atoms with Gasteiger partial charge in [0.25, 0.3) is 5.56 Å². The summed E-state index contributed by atoms with van der Waals surface area (Å²) in [5.41, 5.74) is 3.94. The van der Waals surface area contributed by atoms with Crippen LogP contribution in [0.3, 0.4) is 0 Å². The lowest BCUT2D eigenvalue weighted by atomic mass is 10.1. The number of hydrogen-bond donors (Lipinski definition) is 1. The molecule has 0 aliphatic rings. The summed E-state index contributed by atoms with van der Waals surface area (Å²) < 4.78 is 14.9. The van der Waals surface area contributed by atoms with Gasteiger partial charge in [-0.1, -0.05) is 0 Å². The standard InChI is InChI=1S/C21H22N6O5/c1-11-8-16(28)32-15-9-13(6-7-14(11)15)31-10-12(2)23-24-20-22-18-17(25(20)3)19(29)27(5)21(30)26(18)4/h6-9H,10H2,1-5H3,(H,22,24)/b23-12+.